The van der Waals surface area contributed by atoms with E-state index in [2.05, 4.69) is 25.9 Å². The lowest BCUT2D eigenvalue weighted by Gasteiger charge is -2.39. The number of benzene rings is 1. The summed E-state index contributed by atoms with van der Waals surface area (Å²) >= 11 is 3.59. The highest BCUT2D eigenvalue weighted by Crippen LogP contribution is 2.51. The van der Waals surface area contributed by atoms with Crippen LogP contribution >= 0.6 is 15.9 Å². The zero-order valence-corrected chi connectivity index (χ0v) is 27.4. The number of rotatable bonds is 13. The summed E-state index contributed by atoms with van der Waals surface area (Å²) in [5.41, 5.74) is 0.969. The molecular formula is C32H39BrN4O6. The standard InChI is InChI=1S/C32H39BrN4O6/c1-19(2)43-27-17-23(26(39-5)18-34-27)30(24-14-20-13-22(33)9-10-25(20)35-31(24)42-8)32(38,11-12-37(3)4)21-15-28(40-6)36-29(16-21)41-7/h9-10,13-19,30,38H,11-12H2,1-8H3/t30-,32-/m1/s1. The molecule has 43 heavy (non-hydrogen) atoms. The third-order valence-corrected chi connectivity index (χ3v) is 7.64. The number of halogens is 1. The maximum atomic E-state index is 13.2. The average Bonchev–Trinajstić information content (AvgIpc) is 2.99. The first-order valence-electron chi connectivity index (χ1n) is 13.8. The number of aliphatic hydroxyl groups is 1. The van der Waals surface area contributed by atoms with Crippen molar-refractivity contribution >= 4 is 26.8 Å². The summed E-state index contributed by atoms with van der Waals surface area (Å²) in [6.07, 6.45) is 1.78. The van der Waals surface area contributed by atoms with Crippen molar-refractivity contribution in [3.63, 3.8) is 0 Å². The Morgan fingerprint density at radius 1 is 0.860 bits per heavy atom. The fraction of sp³-hybridized carbons (Fsp3) is 0.406. The van der Waals surface area contributed by atoms with Gasteiger partial charge in [-0.05, 0) is 64.2 Å². The number of aromatic nitrogens is 3. The van der Waals surface area contributed by atoms with Gasteiger partial charge in [0.05, 0.1) is 52.2 Å². The molecule has 0 spiro atoms. The van der Waals surface area contributed by atoms with E-state index in [0.29, 0.717) is 58.9 Å². The predicted molar refractivity (Wildman–Crippen MR) is 169 cm³/mol. The first-order valence-corrected chi connectivity index (χ1v) is 14.6. The monoisotopic (exact) mass is 654 g/mol. The predicted octanol–water partition coefficient (Wildman–Crippen LogP) is 5.58. The molecule has 0 fully saturated rings. The van der Waals surface area contributed by atoms with Gasteiger partial charge in [0.2, 0.25) is 23.5 Å². The lowest BCUT2D eigenvalue weighted by molar-refractivity contribution is 0.00264. The van der Waals surface area contributed by atoms with Crippen molar-refractivity contribution in [3.8, 4) is 29.3 Å². The number of pyridine rings is 3. The summed E-state index contributed by atoms with van der Waals surface area (Å²) in [6, 6.07) is 13.1. The Labute approximate surface area is 261 Å². The molecule has 0 aliphatic heterocycles. The van der Waals surface area contributed by atoms with Crippen LogP contribution < -0.4 is 23.7 Å². The van der Waals surface area contributed by atoms with Crippen LogP contribution in [0.2, 0.25) is 0 Å². The van der Waals surface area contributed by atoms with Gasteiger partial charge in [-0.3, -0.25) is 0 Å². The van der Waals surface area contributed by atoms with Gasteiger partial charge in [0.15, 0.2) is 0 Å². The van der Waals surface area contributed by atoms with Gasteiger partial charge in [-0.25, -0.2) is 9.97 Å². The number of hydrogen-bond donors (Lipinski definition) is 1. The highest BCUT2D eigenvalue weighted by molar-refractivity contribution is 9.10. The molecule has 0 radical (unpaired) electrons. The highest BCUT2D eigenvalue weighted by atomic mass is 79.9. The van der Waals surface area contributed by atoms with Crippen LogP contribution in [-0.4, -0.2) is 80.1 Å². The van der Waals surface area contributed by atoms with Gasteiger partial charge in [-0.1, -0.05) is 15.9 Å². The number of fused-ring (bicyclic) bond motifs is 1. The molecule has 0 amide bonds. The molecule has 0 bridgehead atoms. The molecule has 4 aromatic rings. The second-order valence-electron chi connectivity index (χ2n) is 10.7. The Kier molecular flexibility index (Phi) is 10.3. The van der Waals surface area contributed by atoms with Crippen molar-refractivity contribution in [2.45, 2.75) is 37.9 Å². The maximum Gasteiger partial charge on any atom is 0.217 e. The SMILES string of the molecule is COc1cc([C@](O)(CCN(C)C)[C@H](c2cc(OC(C)C)ncc2OC)c2cc3cc(Br)ccc3nc2OC)cc(OC)n1. The molecule has 10 nitrogen and oxygen atoms in total. The number of hydrogen-bond acceptors (Lipinski definition) is 10. The van der Waals surface area contributed by atoms with Crippen molar-refractivity contribution in [3.05, 3.63) is 69.8 Å². The summed E-state index contributed by atoms with van der Waals surface area (Å²) in [7, 11) is 10.1. The summed E-state index contributed by atoms with van der Waals surface area (Å²) < 4.78 is 29.7. The van der Waals surface area contributed by atoms with Gasteiger partial charge in [0, 0.05) is 45.7 Å². The van der Waals surface area contributed by atoms with Crippen LogP contribution in [0.3, 0.4) is 0 Å². The minimum absolute atomic E-state index is 0.122. The smallest absolute Gasteiger partial charge is 0.217 e. The molecular weight excluding hydrogens is 616 g/mol. The summed E-state index contributed by atoms with van der Waals surface area (Å²) in [5.74, 6) is 1.03. The lowest BCUT2D eigenvalue weighted by atomic mass is 9.71. The summed E-state index contributed by atoms with van der Waals surface area (Å²) in [6.45, 7) is 4.40. The zero-order chi connectivity index (χ0) is 31.3. The van der Waals surface area contributed by atoms with E-state index in [1.54, 1.807) is 32.5 Å². The van der Waals surface area contributed by atoms with Gasteiger partial charge in [-0.15, -0.1) is 0 Å². The van der Waals surface area contributed by atoms with Crippen LogP contribution in [0.4, 0.5) is 0 Å². The Hall–Kier alpha value is -3.67. The molecule has 0 aliphatic carbocycles. The Bertz CT molecular complexity index is 1540. The van der Waals surface area contributed by atoms with E-state index in [1.165, 1.54) is 14.2 Å². The van der Waals surface area contributed by atoms with E-state index in [0.717, 1.165) is 15.4 Å². The van der Waals surface area contributed by atoms with Crippen molar-refractivity contribution in [1.82, 2.24) is 19.9 Å². The van der Waals surface area contributed by atoms with Gasteiger partial charge < -0.3 is 33.7 Å². The molecule has 0 aliphatic rings. The van der Waals surface area contributed by atoms with Crippen LogP contribution in [0.5, 0.6) is 29.3 Å². The van der Waals surface area contributed by atoms with Crippen molar-refractivity contribution in [2.24, 2.45) is 0 Å². The normalized spacial score (nSPS) is 13.6. The van der Waals surface area contributed by atoms with Crippen LogP contribution in [0.1, 0.15) is 42.9 Å². The molecule has 2 atom stereocenters. The second-order valence-corrected chi connectivity index (χ2v) is 11.6. The number of ether oxygens (including phenoxy) is 5. The molecule has 1 N–H and O–H groups in total. The van der Waals surface area contributed by atoms with Gasteiger partial charge in [0.25, 0.3) is 0 Å². The quantitative estimate of drug-likeness (QED) is 0.196. The van der Waals surface area contributed by atoms with E-state index in [9.17, 15) is 5.11 Å². The average molecular weight is 656 g/mol. The van der Waals surface area contributed by atoms with Gasteiger partial charge in [-0.2, -0.15) is 4.98 Å². The maximum absolute atomic E-state index is 13.2. The van der Waals surface area contributed by atoms with Crippen LogP contribution in [0, 0.1) is 0 Å². The van der Waals surface area contributed by atoms with E-state index < -0.39 is 11.5 Å². The van der Waals surface area contributed by atoms with Gasteiger partial charge in [0.1, 0.15) is 11.4 Å². The number of nitrogens with zero attached hydrogens (tertiary/aromatic N) is 4. The molecule has 1 aromatic carbocycles. The third kappa shape index (κ3) is 7.11. The Morgan fingerprint density at radius 3 is 2.14 bits per heavy atom. The lowest BCUT2D eigenvalue weighted by Crippen LogP contribution is -2.38. The highest BCUT2D eigenvalue weighted by Gasteiger charge is 2.45. The largest absolute Gasteiger partial charge is 0.495 e. The van der Waals surface area contributed by atoms with E-state index in [4.69, 9.17) is 28.7 Å². The molecule has 0 saturated heterocycles. The van der Waals surface area contributed by atoms with Crippen molar-refractivity contribution in [2.75, 3.05) is 49.1 Å². The van der Waals surface area contributed by atoms with Crippen LogP contribution in [0.25, 0.3) is 10.9 Å². The van der Waals surface area contributed by atoms with Crippen molar-refractivity contribution < 1.29 is 28.8 Å². The molecule has 4 rings (SSSR count). The fourth-order valence-corrected chi connectivity index (χ4v) is 5.51. The summed E-state index contributed by atoms with van der Waals surface area (Å²) in [5, 5.41) is 14.1. The Balaban J connectivity index is 2.14. The molecule has 0 unspecified atom stereocenters. The Morgan fingerprint density at radius 2 is 1.56 bits per heavy atom. The molecule has 0 saturated carbocycles. The van der Waals surface area contributed by atoms with E-state index in [1.807, 2.05) is 63.2 Å². The minimum Gasteiger partial charge on any atom is -0.495 e. The van der Waals surface area contributed by atoms with Crippen LogP contribution in [-0.2, 0) is 5.60 Å². The molecule has 3 aromatic heterocycles. The molecule has 11 heteroatoms. The molecule has 3 heterocycles. The van der Waals surface area contributed by atoms with Crippen LogP contribution in [0.15, 0.2) is 53.1 Å². The zero-order valence-electron chi connectivity index (χ0n) is 25.8. The summed E-state index contributed by atoms with van der Waals surface area (Å²) in [4.78, 5) is 15.7. The number of methoxy groups -OCH3 is 4. The van der Waals surface area contributed by atoms with E-state index >= 15 is 0 Å². The fourth-order valence-electron chi connectivity index (χ4n) is 5.13. The first-order chi connectivity index (χ1) is 20.5. The third-order valence-electron chi connectivity index (χ3n) is 7.15. The van der Waals surface area contributed by atoms with Gasteiger partial charge >= 0.3 is 0 Å². The minimum atomic E-state index is -1.59. The second kappa shape index (κ2) is 13.7. The van der Waals surface area contributed by atoms with E-state index in [-0.39, 0.29) is 6.10 Å². The van der Waals surface area contributed by atoms with Crippen molar-refractivity contribution in [1.29, 1.82) is 0 Å². The first kappa shape index (κ1) is 32.2. The topological polar surface area (TPSA) is 108 Å². The molecule has 230 valence electrons.